The molecular formula is C9H17NO4S. The Labute approximate surface area is 90.0 Å². The van der Waals surface area contributed by atoms with Crippen LogP contribution >= 0.6 is 0 Å². The monoisotopic (exact) mass is 235 g/mol. The summed E-state index contributed by atoms with van der Waals surface area (Å²) in [5.41, 5.74) is 0. The van der Waals surface area contributed by atoms with Gasteiger partial charge in [-0.15, -0.1) is 0 Å². The smallest absolute Gasteiger partial charge is 0.320 e. The number of hydrogen-bond acceptors (Lipinski definition) is 4. The van der Waals surface area contributed by atoms with Gasteiger partial charge in [0.15, 0.2) is 9.84 Å². The topological polar surface area (TPSA) is 74.7 Å². The maximum Gasteiger partial charge on any atom is 0.320 e. The van der Waals surface area contributed by atoms with Crippen LogP contribution in [0.5, 0.6) is 0 Å². The zero-order chi connectivity index (χ0) is 11.6. The van der Waals surface area contributed by atoms with E-state index in [-0.39, 0.29) is 17.5 Å². The molecule has 88 valence electrons. The zero-order valence-corrected chi connectivity index (χ0v) is 9.83. The van der Waals surface area contributed by atoms with Crippen LogP contribution in [0, 0.1) is 0 Å². The van der Waals surface area contributed by atoms with Crippen molar-refractivity contribution in [1.82, 2.24) is 4.90 Å². The summed E-state index contributed by atoms with van der Waals surface area (Å²) in [5.74, 6) is -0.735. The normalized spacial score (nSPS) is 28.5. The first-order valence-electron chi connectivity index (χ1n) is 5.06. The molecule has 1 aliphatic rings. The molecule has 0 radical (unpaired) electrons. The minimum atomic E-state index is -2.97. The second-order valence-electron chi connectivity index (χ2n) is 3.96. The molecule has 0 saturated carbocycles. The summed E-state index contributed by atoms with van der Waals surface area (Å²) in [6.45, 7) is 3.89. The largest absolute Gasteiger partial charge is 0.480 e. The highest BCUT2D eigenvalue weighted by Gasteiger charge is 2.34. The number of rotatable bonds is 3. The number of nitrogens with zero attached hydrogens (tertiary/aromatic N) is 1. The van der Waals surface area contributed by atoms with Crippen LogP contribution in [-0.2, 0) is 14.6 Å². The molecule has 1 fully saturated rings. The predicted octanol–water partition coefficient (Wildman–Crippen LogP) is -0.0315. The van der Waals surface area contributed by atoms with Crippen LogP contribution in [0.1, 0.15) is 20.3 Å². The lowest BCUT2D eigenvalue weighted by atomic mass is 10.1. The van der Waals surface area contributed by atoms with Crippen molar-refractivity contribution in [3.05, 3.63) is 0 Å². The van der Waals surface area contributed by atoms with Gasteiger partial charge in [-0.3, -0.25) is 9.69 Å². The van der Waals surface area contributed by atoms with Gasteiger partial charge in [0.25, 0.3) is 0 Å². The summed E-state index contributed by atoms with van der Waals surface area (Å²) in [5, 5.41) is 8.98. The molecule has 2 unspecified atom stereocenters. The molecule has 0 aromatic heterocycles. The van der Waals surface area contributed by atoms with Crippen LogP contribution < -0.4 is 0 Å². The molecular weight excluding hydrogens is 218 g/mol. The molecule has 0 spiro atoms. The summed E-state index contributed by atoms with van der Waals surface area (Å²) >= 11 is 0. The average molecular weight is 235 g/mol. The lowest BCUT2D eigenvalue weighted by Crippen LogP contribution is -2.53. The van der Waals surface area contributed by atoms with Gasteiger partial charge in [-0.05, 0) is 13.3 Å². The van der Waals surface area contributed by atoms with Crippen molar-refractivity contribution in [2.75, 3.05) is 18.1 Å². The Morgan fingerprint density at radius 2 is 2.20 bits per heavy atom. The number of aliphatic carboxylic acids is 1. The molecule has 0 aliphatic carbocycles. The van der Waals surface area contributed by atoms with E-state index in [1.807, 2.05) is 0 Å². The molecule has 6 heteroatoms. The Hall–Kier alpha value is -0.620. The van der Waals surface area contributed by atoms with Crippen molar-refractivity contribution in [2.24, 2.45) is 0 Å². The lowest BCUT2D eigenvalue weighted by molar-refractivity contribution is -0.144. The van der Waals surface area contributed by atoms with Crippen LogP contribution in [0.3, 0.4) is 0 Å². The summed E-state index contributed by atoms with van der Waals surface area (Å²) in [7, 11) is -2.97. The van der Waals surface area contributed by atoms with E-state index in [2.05, 4.69) is 0 Å². The van der Waals surface area contributed by atoms with Gasteiger partial charge in [0.05, 0.1) is 11.5 Å². The zero-order valence-electron chi connectivity index (χ0n) is 9.01. The molecule has 1 aliphatic heterocycles. The van der Waals surface area contributed by atoms with E-state index in [0.29, 0.717) is 13.0 Å². The molecule has 0 aromatic carbocycles. The number of carboxylic acids is 1. The lowest BCUT2D eigenvalue weighted by Gasteiger charge is -2.36. The van der Waals surface area contributed by atoms with Gasteiger partial charge in [0, 0.05) is 12.6 Å². The van der Waals surface area contributed by atoms with E-state index in [1.165, 1.54) is 0 Å². The number of carbonyl (C=O) groups is 1. The highest BCUT2D eigenvalue weighted by Crippen LogP contribution is 2.16. The second kappa shape index (κ2) is 4.49. The number of carboxylic acid groups (broad SMARTS) is 1. The summed E-state index contributed by atoms with van der Waals surface area (Å²) in [6.07, 6.45) is 0.500. The molecule has 0 bridgehead atoms. The molecule has 2 atom stereocenters. The van der Waals surface area contributed by atoms with Gasteiger partial charge < -0.3 is 5.11 Å². The Morgan fingerprint density at radius 1 is 1.60 bits per heavy atom. The Balaban J connectivity index is 2.77. The van der Waals surface area contributed by atoms with E-state index in [9.17, 15) is 13.2 Å². The quantitative estimate of drug-likeness (QED) is 0.743. The third-order valence-corrected chi connectivity index (χ3v) is 4.59. The standard InChI is InChI=1S/C9H17NO4S/c1-3-8(9(11)12)10-4-5-15(13,14)6-7(10)2/h7-8H,3-6H2,1-2H3,(H,11,12). The Bertz CT molecular complexity index is 338. The van der Waals surface area contributed by atoms with Crippen LogP contribution in [-0.4, -0.2) is 54.5 Å². The number of hydrogen-bond donors (Lipinski definition) is 1. The van der Waals surface area contributed by atoms with Crippen LogP contribution in [0.25, 0.3) is 0 Å². The minimum absolute atomic E-state index is 0.0662. The van der Waals surface area contributed by atoms with Crippen molar-refractivity contribution in [3.8, 4) is 0 Å². The summed E-state index contributed by atoms with van der Waals surface area (Å²) in [4.78, 5) is 12.7. The van der Waals surface area contributed by atoms with Gasteiger partial charge in [-0.25, -0.2) is 8.42 Å². The fourth-order valence-electron chi connectivity index (χ4n) is 2.03. The van der Waals surface area contributed by atoms with Gasteiger partial charge in [-0.1, -0.05) is 6.92 Å². The van der Waals surface area contributed by atoms with Crippen LogP contribution in [0.15, 0.2) is 0 Å². The third-order valence-electron chi connectivity index (χ3n) is 2.79. The molecule has 0 aromatic rings. The molecule has 1 rings (SSSR count). The maximum absolute atomic E-state index is 11.3. The van der Waals surface area contributed by atoms with Crippen molar-refractivity contribution in [3.63, 3.8) is 0 Å². The molecule has 15 heavy (non-hydrogen) atoms. The predicted molar refractivity (Wildman–Crippen MR) is 56.5 cm³/mol. The first-order valence-corrected chi connectivity index (χ1v) is 6.88. The third kappa shape index (κ3) is 2.92. The van der Waals surface area contributed by atoms with E-state index in [1.54, 1.807) is 18.7 Å². The second-order valence-corrected chi connectivity index (χ2v) is 6.19. The average Bonchev–Trinajstić information content (AvgIpc) is 2.08. The molecule has 1 N–H and O–H groups in total. The molecule has 5 nitrogen and oxygen atoms in total. The van der Waals surface area contributed by atoms with Crippen molar-refractivity contribution >= 4 is 15.8 Å². The number of sulfone groups is 1. The molecule has 0 amide bonds. The molecule has 1 saturated heterocycles. The van der Waals surface area contributed by atoms with E-state index >= 15 is 0 Å². The SMILES string of the molecule is CCC(C(=O)O)N1CCS(=O)(=O)CC1C. The fraction of sp³-hybridized carbons (Fsp3) is 0.889. The molecule has 1 heterocycles. The van der Waals surface area contributed by atoms with Gasteiger partial charge in [0.1, 0.15) is 6.04 Å². The van der Waals surface area contributed by atoms with Gasteiger partial charge in [0.2, 0.25) is 0 Å². The van der Waals surface area contributed by atoms with E-state index in [0.717, 1.165) is 0 Å². The van der Waals surface area contributed by atoms with E-state index < -0.39 is 21.8 Å². The van der Waals surface area contributed by atoms with Crippen molar-refractivity contribution < 1.29 is 18.3 Å². The first-order chi connectivity index (χ1) is 6.87. The maximum atomic E-state index is 11.3. The summed E-state index contributed by atoms with van der Waals surface area (Å²) < 4.78 is 22.6. The first kappa shape index (κ1) is 12.4. The minimum Gasteiger partial charge on any atom is -0.480 e. The van der Waals surface area contributed by atoms with Crippen LogP contribution in [0.4, 0.5) is 0 Å². The van der Waals surface area contributed by atoms with Gasteiger partial charge in [-0.2, -0.15) is 0 Å². The highest BCUT2D eigenvalue weighted by atomic mass is 32.2. The van der Waals surface area contributed by atoms with Crippen molar-refractivity contribution in [1.29, 1.82) is 0 Å². The highest BCUT2D eigenvalue weighted by molar-refractivity contribution is 7.91. The summed E-state index contributed by atoms with van der Waals surface area (Å²) in [6, 6.07) is -0.764. The Kier molecular flexibility index (Phi) is 3.72. The van der Waals surface area contributed by atoms with Crippen molar-refractivity contribution in [2.45, 2.75) is 32.4 Å². The van der Waals surface area contributed by atoms with Crippen LogP contribution in [0.2, 0.25) is 0 Å². The van der Waals surface area contributed by atoms with Gasteiger partial charge >= 0.3 is 5.97 Å². The Morgan fingerprint density at radius 3 is 2.60 bits per heavy atom. The fourth-order valence-corrected chi connectivity index (χ4v) is 3.61. The van der Waals surface area contributed by atoms with E-state index in [4.69, 9.17) is 5.11 Å².